The fraction of sp³-hybridized carbons (Fsp3) is 0.300. The number of hydrazine groups is 1. The van der Waals surface area contributed by atoms with E-state index in [1.807, 2.05) is 7.05 Å². The predicted molar refractivity (Wildman–Crippen MR) is 65.9 cm³/mol. The Morgan fingerprint density at radius 3 is 2.47 bits per heavy atom. The molecule has 0 radical (unpaired) electrons. The lowest BCUT2D eigenvalue weighted by atomic mass is 10.2. The first-order valence-electron chi connectivity index (χ1n) is 4.42. The van der Waals surface area contributed by atoms with E-state index >= 15 is 0 Å². The minimum Gasteiger partial charge on any atom is -0.388 e. The fourth-order valence-electron chi connectivity index (χ4n) is 1.11. The minimum absolute atomic E-state index is 0.403. The zero-order valence-electron chi connectivity index (χ0n) is 9.20. The van der Waals surface area contributed by atoms with Gasteiger partial charge in [0.1, 0.15) is 0 Å². The zero-order chi connectivity index (χ0) is 11.7. The van der Waals surface area contributed by atoms with Crippen LogP contribution < -0.4 is 16.6 Å². The third kappa shape index (κ3) is 4.71. The molecule has 0 unspecified atom stereocenters. The molecule has 0 fully saturated rings. The summed E-state index contributed by atoms with van der Waals surface area (Å²) >= 11 is 1.78. The summed E-state index contributed by atoms with van der Waals surface area (Å²) in [5.41, 5.74) is 4.30. The highest BCUT2D eigenvalue weighted by Crippen LogP contribution is 2.25. The molecule has 0 aliphatic rings. The van der Waals surface area contributed by atoms with Crippen LogP contribution in [-0.2, 0) is 4.79 Å². The molecule has 15 heavy (non-hydrogen) atoms. The normalized spacial score (nSPS) is 8.53. The van der Waals surface area contributed by atoms with E-state index < -0.39 is 0 Å². The van der Waals surface area contributed by atoms with Crippen LogP contribution in [0.15, 0.2) is 23.1 Å². The number of anilines is 1. The fourth-order valence-corrected chi connectivity index (χ4v) is 1.74. The molecule has 0 atom stereocenters. The Morgan fingerprint density at radius 2 is 2.07 bits per heavy atom. The highest BCUT2D eigenvalue weighted by atomic mass is 32.2. The van der Waals surface area contributed by atoms with Gasteiger partial charge in [0.2, 0.25) is 6.41 Å². The van der Waals surface area contributed by atoms with Crippen molar-refractivity contribution in [2.24, 2.45) is 5.84 Å². The lowest BCUT2D eigenvalue weighted by Crippen LogP contribution is -2.18. The number of thioether (sulfide) groups is 1. The second-order valence-electron chi connectivity index (χ2n) is 2.67. The molecular formula is C10H17N3OS. The van der Waals surface area contributed by atoms with Crippen molar-refractivity contribution in [3.8, 4) is 0 Å². The number of carbonyl (C=O) groups excluding carboxylic acids is 1. The van der Waals surface area contributed by atoms with Crippen LogP contribution >= 0.6 is 11.8 Å². The summed E-state index contributed by atoms with van der Waals surface area (Å²) in [6.07, 6.45) is 2.50. The maximum Gasteiger partial charge on any atom is 0.221 e. The molecular weight excluding hydrogens is 210 g/mol. The van der Waals surface area contributed by atoms with Gasteiger partial charge >= 0.3 is 0 Å². The number of benzene rings is 1. The van der Waals surface area contributed by atoms with E-state index in [1.165, 1.54) is 16.1 Å². The summed E-state index contributed by atoms with van der Waals surface area (Å²) in [5, 5.41) is 3.16. The Balaban J connectivity index is 0.000000423. The topological polar surface area (TPSA) is 67.2 Å². The lowest BCUT2D eigenvalue weighted by molar-refractivity contribution is -0.109. The molecule has 1 rings (SSSR count). The Hall–Kier alpha value is -1.20. The van der Waals surface area contributed by atoms with E-state index in [1.54, 1.807) is 17.2 Å². The molecule has 4 nitrogen and oxygen atoms in total. The van der Waals surface area contributed by atoms with Crippen molar-refractivity contribution in [3.63, 3.8) is 0 Å². The van der Waals surface area contributed by atoms with Crippen LogP contribution in [0, 0.1) is 6.92 Å². The summed E-state index contributed by atoms with van der Waals surface area (Å²) in [4.78, 5) is 10.3. The molecule has 84 valence electrons. The first-order chi connectivity index (χ1) is 7.21. The SMILES string of the molecule is CNc1cccc(SC)c1C.NNC=O. The number of amides is 1. The van der Waals surface area contributed by atoms with Crippen LogP contribution in [0.1, 0.15) is 5.56 Å². The third-order valence-electron chi connectivity index (χ3n) is 1.84. The molecule has 0 saturated heterocycles. The van der Waals surface area contributed by atoms with Gasteiger partial charge < -0.3 is 5.32 Å². The molecule has 5 heteroatoms. The van der Waals surface area contributed by atoms with Gasteiger partial charge in [0.25, 0.3) is 0 Å². The summed E-state index contributed by atoms with van der Waals surface area (Å²) in [5.74, 6) is 4.41. The van der Waals surface area contributed by atoms with Gasteiger partial charge in [-0.15, -0.1) is 11.8 Å². The van der Waals surface area contributed by atoms with Crippen LogP contribution in [0.25, 0.3) is 0 Å². The summed E-state index contributed by atoms with van der Waals surface area (Å²) in [6.45, 7) is 2.14. The van der Waals surface area contributed by atoms with Gasteiger partial charge in [-0.3, -0.25) is 10.2 Å². The van der Waals surface area contributed by atoms with Gasteiger partial charge in [0, 0.05) is 17.6 Å². The van der Waals surface area contributed by atoms with Crippen molar-refractivity contribution >= 4 is 23.9 Å². The number of rotatable bonds is 3. The molecule has 1 aromatic rings. The van der Waals surface area contributed by atoms with E-state index in [9.17, 15) is 0 Å². The van der Waals surface area contributed by atoms with Gasteiger partial charge in [0.05, 0.1) is 0 Å². The van der Waals surface area contributed by atoms with Crippen LogP contribution in [0.4, 0.5) is 5.69 Å². The highest BCUT2D eigenvalue weighted by molar-refractivity contribution is 7.98. The van der Waals surface area contributed by atoms with Gasteiger partial charge in [-0.05, 0) is 30.9 Å². The standard InChI is InChI=1S/C9H13NS.CH4N2O/c1-7-8(10-2)5-4-6-9(7)11-3;2-3-1-4/h4-6,10H,1-3H3;1H,2H2,(H,3,4). The average molecular weight is 227 g/mol. The first-order valence-corrected chi connectivity index (χ1v) is 5.64. The molecule has 0 heterocycles. The molecule has 1 amide bonds. The van der Waals surface area contributed by atoms with Crippen LogP contribution in [0.5, 0.6) is 0 Å². The smallest absolute Gasteiger partial charge is 0.221 e. The van der Waals surface area contributed by atoms with Gasteiger partial charge in [-0.25, -0.2) is 5.84 Å². The van der Waals surface area contributed by atoms with Crippen molar-refractivity contribution in [3.05, 3.63) is 23.8 Å². The second-order valence-corrected chi connectivity index (χ2v) is 3.52. The Kier molecular flexibility index (Phi) is 7.49. The quantitative estimate of drug-likeness (QED) is 0.240. The van der Waals surface area contributed by atoms with E-state index in [2.05, 4.69) is 42.5 Å². The number of nitrogens with two attached hydrogens (primary N) is 1. The number of carbonyl (C=O) groups is 1. The van der Waals surface area contributed by atoms with E-state index in [0.717, 1.165) is 0 Å². The number of nitrogens with one attached hydrogen (secondary N) is 2. The van der Waals surface area contributed by atoms with E-state index in [0.29, 0.717) is 6.41 Å². The number of hydrogen-bond acceptors (Lipinski definition) is 4. The Labute approximate surface area is 94.6 Å². The first kappa shape index (κ1) is 13.8. The average Bonchev–Trinajstić information content (AvgIpc) is 2.30. The monoisotopic (exact) mass is 227 g/mol. The molecule has 0 aliphatic carbocycles. The van der Waals surface area contributed by atoms with E-state index in [4.69, 9.17) is 4.79 Å². The van der Waals surface area contributed by atoms with Gasteiger partial charge in [-0.1, -0.05) is 6.07 Å². The van der Waals surface area contributed by atoms with E-state index in [-0.39, 0.29) is 0 Å². The minimum atomic E-state index is 0.403. The summed E-state index contributed by atoms with van der Waals surface area (Å²) < 4.78 is 0. The second kappa shape index (κ2) is 8.14. The van der Waals surface area contributed by atoms with Gasteiger partial charge in [-0.2, -0.15) is 0 Å². The predicted octanol–water partition coefficient (Wildman–Crippen LogP) is 1.36. The van der Waals surface area contributed by atoms with Crippen LogP contribution in [-0.4, -0.2) is 19.7 Å². The Bertz CT molecular complexity index is 282. The lowest BCUT2D eigenvalue weighted by Gasteiger charge is -2.07. The van der Waals surface area contributed by atoms with Crippen molar-refractivity contribution in [2.45, 2.75) is 11.8 Å². The van der Waals surface area contributed by atoms with Crippen LogP contribution in [0.3, 0.4) is 0 Å². The molecule has 0 saturated carbocycles. The third-order valence-corrected chi connectivity index (χ3v) is 2.72. The molecule has 0 aromatic heterocycles. The van der Waals surface area contributed by atoms with Crippen molar-refractivity contribution in [1.82, 2.24) is 5.43 Å². The Morgan fingerprint density at radius 1 is 1.47 bits per heavy atom. The number of hydrogen-bond donors (Lipinski definition) is 3. The maximum absolute atomic E-state index is 8.94. The largest absolute Gasteiger partial charge is 0.388 e. The summed E-state index contributed by atoms with van der Waals surface area (Å²) in [6, 6.07) is 6.31. The summed E-state index contributed by atoms with van der Waals surface area (Å²) in [7, 11) is 1.95. The molecule has 0 bridgehead atoms. The molecule has 0 spiro atoms. The highest BCUT2D eigenvalue weighted by Gasteiger charge is 1.99. The molecule has 4 N–H and O–H groups in total. The van der Waals surface area contributed by atoms with Crippen molar-refractivity contribution in [1.29, 1.82) is 0 Å². The zero-order valence-corrected chi connectivity index (χ0v) is 10.0. The van der Waals surface area contributed by atoms with Crippen molar-refractivity contribution in [2.75, 3.05) is 18.6 Å². The maximum atomic E-state index is 8.94. The molecule has 1 aromatic carbocycles. The molecule has 0 aliphatic heterocycles. The van der Waals surface area contributed by atoms with Crippen LogP contribution in [0.2, 0.25) is 0 Å². The van der Waals surface area contributed by atoms with Gasteiger partial charge in [0.15, 0.2) is 0 Å². The van der Waals surface area contributed by atoms with Crippen molar-refractivity contribution < 1.29 is 4.79 Å².